The molecule has 66 valence electrons. The molecule has 0 aromatic carbocycles. The predicted octanol–water partition coefficient (Wildman–Crippen LogP) is 1.41. The van der Waals surface area contributed by atoms with E-state index in [0.29, 0.717) is 12.8 Å². The number of rotatable bonds is 1. The van der Waals surface area contributed by atoms with E-state index >= 15 is 0 Å². The van der Waals surface area contributed by atoms with E-state index in [2.05, 4.69) is 4.90 Å². The van der Waals surface area contributed by atoms with E-state index < -0.39 is 5.85 Å². The van der Waals surface area contributed by atoms with Gasteiger partial charge in [0.2, 0.25) is 5.85 Å². The van der Waals surface area contributed by atoms with Crippen molar-refractivity contribution in [1.82, 2.24) is 4.90 Å². The first kappa shape index (κ1) is 8.94. The topological polar surface area (TPSA) is 12.5 Å². The van der Waals surface area contributed by atoms with E-state index in [1.807, 2.05) is 7.05 Å². The molecule has 1 aliphatic heterocycles. The Morgan fingerprint density at radius 3 is 2.73 bits per heavy atom. The number of halogens is 1. The molecule has 1 unspecified atom stereocenters. The van der Waals surface area contributed by atoms with Crippen LogP contribution in [0.3, 0.4) is 0 Å². The van der Waals surface area contributed by atoms with Crippen molar-refractivity contribution in [2.24, 2.45) is 0 Å². The predicted molar refractivity (Wildman–Crippen MR) is 42.2 cm³/mol. The van der Waals surface area contributed by atoms with E-state index in [4.69, 9.17) is 4.74 Å². The van der Waals surface area contributed by atoms with Crippen LogP contribution in [0.15, 0.2) is 0 Å². The fraction of sp³-hybridized carbons (Fsp3) is 1.00. The van der Waals surface area contributed by atoms with E-state index in [9.17, 15) is 4.39 Å². The second-order valence-electron chi connectivity index (χ2n) is 3.24. The molecule has 0 saturated carbocycles. The summed E-state index contributed by atoms with van der Waals surface area (Å²) >= 11 is 0. The molecule has 0 radical (unpaired) electrons. The third-order valence-corrected chi connectivity index (χ3v) is 2.32. The third kappa shape index (κ3) is 2.42. The highest BCUT2D eigenvalue weighted by molar-refractivity contribution is 4.74. The van der Waals surface area contributed by atoms with Gasteiger partial charge in [-0.3, -0.25) is 0 Å². The smallest absolute Gasteiger partial charge is 0.210 e. The molecular weight excluding hydrogens is 145 g/mol. The van der Waals surface area contributed by atoms with Gasteiger partial charge >= 0.3 is 0 Å². The van der Waals surface area contributed by atoms with Gasteiger partial charge in [0.25, 0.3) is 0 Å². The Bertz CT molecular complexity index is 131. The standard InChI is InChI=1S/C8H16FNO/c1-10-6-3-4-8(9,11-2)5-7-10/h3-7H2,1-2H3. The molecule has 1 aliphatic rings. The van der Waals surface area contributed by atoms with Gasteiger partial charge in [0.1, 0.15) is 0 Å². The van der Waals surface area contributed by atoms with Crippen molar-refractivity contribution >= 4 is 0 Å². The van der Waals surface area contributed by atoms with Gasteiger partial charge in [0, 0.05) is 26.5 Å². The van der Waals surface area contributed by atoms with Gasteiger partial charge in [-0.05, 0) is 20.0 Å². The molecule has 0 aromatic heterocycles. The van der Waals surface area contributed by atoms with E-state index in [1.54, 1.807) is 0 Å². The minimum Gasteiger partial charge on any atom is -0.349 e. The van der Waals surface area contributed by atoms with Gasteiger partial charge in [-0.25, -0.2) is 4.39 Å². The molecule has 1 heterocycles. The molecule has 0 bridgehead atoms. The van der Waals surface area contributed by atoms with E-state index in [-0.39, 0.29) is 0 Å². The average molecular weight is 161 g/mol. The number of alkyl halides is 1. The summed E-state index contributed by atoms with van der Waals surface area (Å²) in [6.45, 7) is 1.78. The summed E-state index contributed by atoms with van der Waals surface area (Å²) in [6.07, 6.45) is 1.93. The second kappa shape index (κ2) is 3.50. The summed E-state index contributed by atoms with van der Waals surface area (Å²) in [6, 6.07) is 0. The zero-order valence-electron chi connectivity index (χ0n) is 7.27. The molecule has 1 saturated heterocycles. The maximum atomic E-state index is 13.5. The van der Waals surface area contributed by atoms with Gasteiger partial charge in [0.15, 0.2) is 0 Å². The Balaban J connectivity index is 2.45. The largest absolute Gasteiger partial charge is 0.349 e. The summed E-state index contributed by atoms with van der Waals surface area (Å²) in [7, 11) is 3.46. The highest BCUT2D eigenvalue weighted by Gasteiger charge is 2.30. The quantitative estimate of drug-likeness (QED) is 0.576. The molecule has 3 heteroatoms. The van der Waals surface area contributed by atoms with Crippen molar-refractivity contribution in [3.05, 3.63) is 0 Å². The van der Waals surface area contributed by atoms with Crippen LogP contribution < -0.4 is 0 Å². The molecule has 1 rings (SSSR count). The second-order valence-corrected chi connectivity index (χ2v) is 3.24. The maximum Gasteiger partial charge on any atom is 0.210 e. The van der Waals surface area contributed by atoms with Gasteiger partial charge in [-0.1, -0.05) is 0 Å². The molecule has 1 fully saturated rings. The Morgan fingerprint density at radius 2 is 2.09 bits per heavy atom. The maximum absolute atomic E-state index is 13.5. The number of nitrogens with zero attached hydrogens (tertiary/aromatic N) is 1. The lowest BCUT2D eigenvalue weighted by Crippen LogP contribution is -2.27. The molecule has 0 aromatic rings. The van der Waals surface area contributed by atoms with Gasteiger partial charge < -0.3 is 9.64 Å². The molecule has 2 nitrogen and oxygen atoms in total. The first-order valence-corrected chi connectivity index (χ1v) is 4.09. The zero-order valence-corrected chi connectivity index (χ0v) is 7.27. The van der Waals surface area contributed by atoms with Crippen molar-refractivity contribution in [3.63, 3.8) is 0 Å². The lowest BCUT2D eigenvalue weighted by Gasteiger charge is -2.21. The van der Waals surface area contributed by atoms with Gasteiger partial charge in [-0.2, -0.15) is 0 Å². The molecular formula is C8H16FNO. The number of hydrogen-bond acceptors (Lipinski definition) is 2. The Hall–Kier alpha value is -0.150. The minimum absolute atomic E-state index is 0.500. The van der Waals surface area contributed by atoms with Crippen LogP contribution in [-0.4, -0.2) is 38.0 Å². The van der Waals surface area contributed by atoms with Crippen LogP contribution in [0.5, 0.6) is 0 Å². The van der Waals surface area contributed by atoms with E-state index in [1.165, 1.54) is 7.11 Å². The summed E-state index contributed by atoms with van der Waals surface area (Å²) in [5.74, 6) is -1.36. The highest BCUT2D eigenvalue weighted by Crippen LogP contribution is 2.26. The van der Waals surface area contributed by atoms with Crippen molar-refractivity contribution in [2.75, 3.05) is 27.2 Å². The Kier molecular flexibility index (Phi) is 2.84. The normalized spacial score (nSPS) is 35.2. The average Bonchev–Trinajstić information content (AvgIpc) is 2.15. The molecule has 0 N–H and O–H groups in total. The number of hydrogen-bond donors (Lipinski definition) is 0. The Labute approximate surface area is 67.3 Å². The summed E-state index contributed by atoms with van der Waals surface area (Å²) in [5.41, 5.74) is 0. The van der Waals surface area contributed by atoms with Crippen LogP contribution in [0.25, 0.3) is 0 Å². The lowest BCUT2D eigenvalue weighted by molar-refractivity contribution is -0.129. The first-order valence-electron chi connectivity index (χ1n) is 4.09. The van der Waals surface area contributed by atoms with Crippen LogP contribution in [0.2, 0.25) is 0 Å². The SMILES string of the molecule is COC1(F)CCCN(C)CC1. The first-order chi connectivity index (χ1) is 5.16. The molecule has 1 atom stereocenters. The highest BCUT2D eigenvalue weighted by atomic mass is 19.2. The van der Waals surface area contributed by atoms with Crippen molar-refractivity contribution in [1.29, 1.82) is 0 Å². The van der Waals surface area contributed by atoms with Crippen molar-refractivity contribution in [3.8, 4) is 0 Å². The summed E-state index contributed by atoms with van der Waals surface area (Å²) in [5, 5.41) is 0. The summed E-state index contributed by atoms with van der Waals surface area (Å²) in [4.78, 5) is 2.14. The van der Waals surface area contributed by atoms with Crippen molar-refractivity contribution < 1.29 is 9.13 Å². The van der Waals surface area contributed by atoms with Crippen LogP contribution in [0.4, 0.5) is 4.39 Å². The number of likely N-dealkylation sites (tertiary alicyclic amines) is 1. The fourth-order valence-corrected chi connectivity index (χ4v) is 1.41. The molecule has 0 amide bonds. The number of methoxy groups -OCH3 is 1. The van der Waals surface area contributed by atoms with Gasteiger partial charge in [0.05, 0.1) is 0 Å². The van der Waals surface area contributed by atoms with Gasteiger partial charge in [-0.15, -0.1) is 0 Å². The lowest BCUT2D eigenvalue weighted by atomic mass is 10.1. The van der Waals surface area contributed by atoms with Crippen LogP contribution in [0.1, 0.15) is 19.3 Å². The Morgan fingerprint density at radius 1 is 1.36 bits per heavy atom. The summed E-state index contributed by atoms with van der Waals surface area (Å²) < 4.78 is 18.3. The van der Waals surface area contributed by atoms with Crippen LogP contribution in [-0.2, 0) is 4.74 Å². The monoisotopic (exact) mass is 161 g/mol. The third-order valence-electron chi connectivity index (χ3n) is 2.32. The fourth-order valence-electron chi connectivity index (χ4n) is 1.41. The number of ether oxygens (including phenoxy) is 1. The van der Waals surface area contributed by atoms with E-state index in [0.717, 1.165) is 19.5 Å². The van der Waals surface area contributed by atoms with Crippen molar-refractivity contribution in [2.45, 2.75) is 25.1 Å². The zero-order chi connectivity index (χ0) is 8.32. The minimum atomic E-state index is -1.36. The van der Waals surface area contributed by atoms with Crippen LogP contribution >= 0.6 is 0 Å². The van der Waals surface area contributed by atoms with Crippen LogP contribution in [0, 0.1) is 0 Å². The molecule has 0 aliphatic carbocycles. The molecule has 0 spiro atoms. The molecule has 11 heavy (non-hydrogen) atoms.